The van der Waals surface area contributed by atoms with Crippen LogP contribution in [0.4, 0.5) is 10.1 Å². The van der Waals surface area contributed by atoms with Crippen molar-refractivity contribution in [2.75, 3.05) is 45.3 Å². The number of piperazine rings is 1. The summed E-state index contributed by atoms with van der Waals surface area (Å²) in [7, 11) is 3.11. The van der Waals surface area contributed by atoms with Crippen LogP contribution in [0, 0.1) is 24.1 Å². The molecule has 0 spiro atoms. The number of aromatic nitrogens is 2. The molecule has 1 amide bonds. The summed E-state index contributed by atoms with van der Waals surface area (Å²) in [5, 5.41) is 10.0. The number of fused-ring (bicyclic) bond motifs is 1. The molecule has 1 aromatic carbocycles. The molecule has 0 atom stereocenters. The number of nitrogens with zero attached hydrogens (tertiary/aromatic N) is 5. The minimum atomic E-state index is -0.535. The van der Waals surface area contributed by atoms with Crippen LogP contribution in [0.2, 0.25) is 0 Å². The van der Waals surface area contributed by atoms with E-state index in [0.29, 0.717) is 53.3 Å². The molecule has 0 N–H and O–H groups in total. The average molecular weight is 456 g/mol. The Morgan fingerprint density at radius 3 is 2.66 bits per heavy atom. The molecular weight excluding hydrogens is 433 g/mol. The number of aryl methyl sites for hydroxylation is 1. The number of anilines is 1. The smallest absolute Gasteiger partial charge is 0.264 e. The summed E-state index contributed by atoms with van der Waals surface area (Å²) in [6.07, 6.45) is 0. The highest BCUT2D eigenvalue weighted by Gasteiger charge is 2.28. The number of halogens is 1. The summed E-state index contributed by atoms with van der Waals surface area (Å²) >= 11 is 1.32. The molecule has 32 heavy (non-hydrogen) atoms. The maximum absolute atomic E-state index is 14.0. The monoisotopic (exact) mass is 455 g/mol. The number of hydrogen-bond acceptors (Lipinski definition) is 8. The van der Waals surface area contributed by atoms with Gasteiger partial charge in [0, 0.05) is 33.3 Å². The van der Waals surface area contributed by atoms with Gasteiger partial charge in [-0.3, -0.25) is 4.79 Å². The van der Waals surface area contributed by atoms with Crippen molar-refractivity contribution >= 4 is 33.1 Å². The second-order valence-corrected chi connectivity index (χ2v) is 8.34. The molecule has 1 fully saturated rings. The Morgan fingerprint density at radius 2 is 2.00 bits per heavy atom. The van der Waals surface area contributed by atoms with Crippen LogP contribution in [0.15, 0.2) is 18.2 Å². The van der Waals surface area contributed by atoms with Gasteiger partial charge in [0.2, 0.25) is 5.88 Å². The molecule has 0 bridgehead atoms. The summed E-state index contributed by atoms with van der Waals surface area (Å²) in [5.74, 6) is 0.302. The first-order valence-electron chi connectivity index (χ1n) is 10.0. The Balaban J connectivity index is 1.57. The molecule has 166 valence electrons. The van der Waals surface area contributed by atoms with Crippen LogP contribution in [-0.4, -0.2) is 61.2 Å². The van der Waals surface area contributed by atoms with Gasteiger partial charge in [0.25, 0.3) is 5.91 Å². The topological polar surface area (TPSA) is 91.6 Å². The second kappa shape index (κ2) is 9.06. The van der Waals surface area contributed by atoms with E-state index in [0.717, 1.165) is 10.9 Å². The summed E-state index contributed by atoms with van der Waals surface area (Å²) in [6, 6.07) is 6.54. The molecule has 10 heteroatoms. The fourth-order valence-corrected chi connectivity index (χ4v) is 5.03. The Hall–Kier alpha value is -3.29. The first kappa shape index (κ1) is 21.9. The molecule has 8 nitrogen and oxygen atoms in total. The third kappa shape index (κ3) is 3.85. The lowest BCUT2D eigenvalue weighted by Gasteiger charge is -2.36. The Morgan fingerprint density at radius 1 is 1.25 bits per heavy atom. The molecule has 3 heterocycles. The predicted octanol–water partition coefficient (Wildman–Crippen LogP) is 3.13. The van der Waals surface area contributed by atoms with Gasteiger partial charge in [-0.05, 0) is 24.6 Å². The number of benzene rings is 1. The third-order valence-corrected chi connectivity index (χ3v) is 6.65. The van der Waals surface area contributed by atoms with E-state index in [1.54, 1.807) is 24.1 Å². The molecule has 1 aliphatic rings. The number of hydrogen-bond donors (Lipinski definition) is 0. The second-order valence-electron chi connectivity index (χ2n) is 7.34. The zero-order chi connectivity index (χ0) is 22.8. The van der Waals surface area contributed by atoms with Crippen LogP contribution in [0.1, 0.15) is 26.6 Å². The SMILES string of the molecule is COCc1nc(OC)c2c(C)c(C(=O)N3CCN(c4cccc(F)c4C#N)CC3)sc2n1. The van der Waals surface area contributed by atoms with Crippen molar-refractivity contribution < 1.29 is 18.7 Å². The Kier molecular flexibility index (Phi) is 6.21. The van der Waals surface area contributed by atoms with Crippen molar-refractivity contribution in [2.24, 2.45) is 0 Å². The van der Waals surface area contributed by atoms with Crippen molar-refractivity contribution in [1.29, 1.82) is 5.26 Å². The van der Waals surface area contributed by atoms with Crippen LogP contribution in [0.3, 0.4) is 0 Å². The van der Waals surface area contributed by atoms with Crippen LogP contribution in [-0.2, 0) is 11.3 Å². The highest BCUT2D eigenvalue weighted by atomic mass is 32.1. The van der Waals surface area contributed by atoms with Crippen LogP contribution in [0.25, 0.3) is 10.2 Å². The fraction of sp³-hybridized carbons (Fsp3) is 0.364. The summed E-state index contributed by atoms with van der Waals surface area (Å²) in [6.45, 7) is 4.07. The Bertz CT molecular complexity index is 1210. The number of thiophene rings is 1. The number of rotatable bonds is 5. The number of ether oxygens (including phenoxy) is 2. The maximum Gasteiger partial charge on any atom is 0.264 e. The summed E-state index contributed by atoms with van der Waals surface area (Å²) in [4.78, 5) is 27.2. The van der Waals surface area contributed by atoms with E-state index in [9.17, 15) is 14.4 Å². The van der Waals surface area contributed by atoms with E-state index in [1.165, 1.54) is 24.5 Å². The lowest BCUT2D eigenvalue weighted by molar-refractivity contribution is 0.0751. The quantitative estimate of drug-likeness (QED) is 0.584. The lowest BCUT2D eigenvalue weighted by atomic mass is 10.1. The van der Waals surface area contributed by atoms with E-state index >= 15 is 0 Å². The van der Waals surface area contributed by atoms with E-state index in [1.807, 2.05) is 17.9 Å². The highest BCUT2D eigenvalue weighted by Crippen LogP contribution is 2.36. The first-order chi connectivity index (χ1) is 15.5. The van der Waals surface area contributed by atoms with Crippen molar-refractivity contribution in [3.05, 3.63) is 45.8 Å². The van der Waals surface area contributed by atoms with Gasteiger partial charge in [-0.25, -0.2) is 9.37 Å². The van der Waals surface area contributed by atoms with Gasteiger partial charge in [0.1, 0.15) is 28.9 Å². The molecular formula is C22H22FN5O3S. The minimum absolute atomic E-state index is 0.0326. The molecule has 4 rings (SSSR count). The van der Waals surface area contributed by atoms with Gasteiger partial charge in [0.15, 0.2) is 5.82 Å². The highest BCUT2D eigenvalue weighted by molar-refractivity contribution is 7.20. The molecule has 0 saturated carbocycles. The molecule has 0 radical (unpaired) electrons. The van der Waals surface area contributed by atoms with Crippen molar-refractivity contribution in [3.63, 3.8) is 0 Å². The van der Waals surface area contributed by atoms with Crippen molar-refractivity contribution in [2.45, 2.75) is 13.5 Å². The van der Waals surface area contributed by atoms with Crippen LogP contribution in [0.5, 0.6) is 5.88 Å². The number of carbonyl (C=O) groups is 1. The van der Waals surface area contributed by atoms with E-state index in [-0.39, 0.29) is 18.1 Å². The molecule has 2 aromatic heterocycles. The first-order valence-corrected chi connectivity index (χ1v) is 10.9. The summed E-state index contributed by atoms with van der Waals surface area (Å²) < 4.78 is 24.5. The van der Waals surface area contributed by atoms with E-state index in [4.69, 9.17) is 9.47 Å². The molecule has 0 unspecified atom stereocenters. The van der Waals surface area contributed by atoms with Crippen molar-refractivity contribution in [3.8, 4) is 11.9 Å². The number of methoxy groups -OCH3 is 2. The van der Waals surface area contributed by atoms with Gasteiger partial charge >= 0.3 is 0 Å². The predicted molar refractivity (Wildman–Crippen MR) is 119 cm³/mol. The maximum atomic E-state index is 14.0. The van der Waals surface area contributed by atoms with Gasteiger partial charge < -0.3 is 19.3 Å². The minimum Gasteiger partial charge on any atom is -0.480 e. The van der Waals surface area contributed by atoms with Gasteiger partial charge in [0.05, 0.1) is 23.1 Å². The largest absolute Gasteiger partial charge is 0.480 e. The Labute approximate surface area is 188 Å². The number of nitriles is 1. The zero-order valence-electron chi connectivity index (χ0n) is 18.0. The van der Waals surface area contributed by atoms with E-state index in [2.05, 4.69) is 9.97 Å². The van der Waals surface area contributed by atoms with Gasteiger partial charge in [-0.2, -0.15) is 10.2 Å². The lowest BCUT2D eigenvalue weighted by Crippen LogP contribution is -2.49. The van der Waals surface area contributed by atoms with E-state index < -0.39 is 5.82 Å². The van der Waals surface area contributed by atoms with Gasteiger partial charge in [-0.1, -0.05) is 6.07 Å². The molecule has 0 aliphatic carbocycles. The van der Waals surface area contributed by atoms with Crippen molar-refractivity contribution in [1.82, 2.24) is 14.9 Å². The van der Waals surface area contributed by atoms with Gasteiger partial charge in [-0.15, -0.1) is 11.3 Å². The van der Waals surface area contributed by atoms with Crippen LogP contribution < -0.4 is 9.64 Å². The molecule has 3 aromatic rings. The number of amides is 1. The normalized spacial score (nSPS) is 14.0. The standard InChI is InChI=1S/C22H22FN5O3S/c1-13-18-20(31-3)25-17(12-30-2)26-21(18)32-19(13)22(29)28-9-7-27(8-10-28)16-6-4-5-15(23)14(16)11-24/h4-6H,7-10,12H2,1-3H3. The fourth-order valence-electron chi connectivity index (χ4n) is 3.87. The zero-order valence-corrected chi connectivity index (χ0v) is 18.8. The summed E-state index contributed by atoms with van der Waals surface area (Å²) in [5.41, 5.74) is 1.38. The molecule has 1 aliphatic heterocycles. The third-order valence-electron chi connectivity index (χ3n) is 5.48. The number of carbonyl (C=O) groups excluding carboxylic acids is 1. The average Bonchev–Trinajstić information content (AvgIpc) is 3.14. The molecule has 1 saturated heterocycles. The van der Waals surface area contributed by atoms with Crippen LogP contribution >= 0.6 is 11.3 Å².